The fourth-order valence-electron chi connectivity index (χ4n) is 3.28. The molecule has 5 rings (SSSR count). The lowest BCUT2D eigenvalue weighted by atomic mass is 10.2. The van der Waals surface area contributed by atoms with E-state index in [-0.39, 0.29) is 5.56 Å². The lowest BCUT2D eigenvalue weighted by molar-refractivity contribution is -0.119. The molecule has 1 fully saturated rings. The molecule has 10 heteroatoms. The summed E-state index contributed by atoms with van der Waals surface area (Å²) in [4.78, 5) is 25.0. The van der Waals surface area contributed by atoms with Crippen molar-refractivity contribution in [2.24, 2.45) is 0 Å². The van der Waals surface area contributed by atoms with Crippen molar-refractivity contribution in [2.45, 2.75) is 18.8 Å². The second-order valence-electron chi connectivity index (χ2n) is 7.41. The molecule has 2 aromatic carbocycles. The molecule has 0 bridgehead atoms. The number of benzene rings is 2. The second-order valence-corrected chi connectivity index (χ2v) is 7.41. The van der Waals surface area contributed by atoms with Gasteiger partial charge in [-0.15, -0.1) is 5.10 Å². The minimum absolute atomic E-state index is 0.288. The van der Waals surface area contributed by atoms with Crippen LogP contribution in [0, 0.1) is 0 Å². The SMILES string of the molecule is O=C(COC(=O)c1cccc(-n2cnnn2)c1)Nc1cc(C2CC2)nn1-c1ccccc1. The highest BCUT2D eigenvalue weighted by atomic mass is 16.5. The molecule has 1 aliphatic rings. The Morgan fingerprint density at radius 2 is 1.84 bits per heavy atom. The topological polar surface area (TPSA) is 117 Å². The minimum Gasteiger partial charge on any atom is -0.452 e. The zero-order valence-electron chi connectivity index (χ0n) is 17.0. The van der Waals surface area contributed by atoms with Gasteiger partial charge < -0.3 is 10.1 Å². The Hall–Kier alpha value is -4.34. The van der Waals surface area contributed by atoms with E-state index in [2.05, 4.69) is 25.9 Å². The number of para-hydroxylation sites is 1. The van der Waals surface area contributed by atoms with Gasteiger partial charge in [-0.3, -0.25) is 4.79 Å². The lowest BCUT2D eigenvalue weighted by Crippen LogP contribution is -2.22. The summed E-state index contributed by atoms with van der Waals surface area (Å²) in [5.41, 5.74) is 2.68. The number of nitrogens with one attached hydrogen (secondary N) is 1. The Morgan fingerprint density at radius 1 is 1.03 bits per heavy atom. The van der Waals surface area contributed by atoms with Crippen molar-refractivity contribution in [3.8, 4) is 11.4 Å². The Morgan fingerprint density at radius 3 is 2.59 bits per heavy atom. The molecule has 4 aromatic rings. The van der Waals surface area contributed by atoms with E-state index in [1.54, 1.807) is 28.9 Å². The van der Waals surface area contributed by atoms with Crippen molar-refractivity contribution in [1.29, 1.82) is 0 Å². The van der Waals surface area contributed by atoms with Crippen LogP contribution in [0.5, 0.6) is 0 Å². The first kappa shape index (κ1) is 19.6. The van der Waals surface area contributed by atoms with Crippen LogP contribution >= 0.6 is 0 Å². The van der Waals surface area contributed by atoms with Crippen LogP contribution in [-0.4, -0.2) is 48.5 Å². The Labute approximate surface area is 182 Å². The van der Waals surface area contributed by atoms with Gasteiger partial charge in [0, 0.05) is 12.0 Å². The van der Waals surface area contributed by atoms with Gasteiger partial charge in [0.05, 0.1) is 22.6 Å². The molecular formula is C22H19N7O3. The third-order valence-electron chi connectivity index (χ3n) is 5.02. The van der Waals surface area contributed by atoms with Gasteiger partial charge in [0.25, 0.3) is 5.91 Å². The third kappa shape index (κ3) is 4.24. The van der Waals surface area contributed by atoms with Gasteiger partial charge in [0.15, 0.2) is 6.61 Å². The maximum absolute atomic E-state index is 12.5. The molecule has 0 aliphatic heterocycles. The first-order valence-electron chi connectivity index (χ1n) is 10.1. The van der Waals surface area contributed by atoms with Gasteiger partial charge in [-0.05, 0) is 53.6 Å². The number of amides is 1. The smallest absolute Gasteiger partial charge is 0.338 e. The number of rotatable bonds is 7. The molecule has 32 heavy (non-hydrogen) atoms. The maximum Gasteiger partial charge on any atom is 0.338 e. The van der Waals surface area contributed by atoms with Crippen molar-refractivity contribution < 1.29 is 14.3 Å². The van der Waals surface area contributed by atoms with Gasteiger partial charge in [0.2, 0.25) is 0 Å². The average Bonchev–Trinajstić information content (AvgIpc) is 3.36. The summed E-state index contributed by atoms with van der Waals surface area (Å²) in [7, 11) is 0. The number of anilines is 1. The van der Waals surface area contributed by atoms with Crippen molar-refractivity contribution in [3.63, 3.8) is 0 Å². The summed E-state index contributed by atoms with van der Waals surface area (Å²) in [6.45, 7) is -0.424. The number of hydrogen-bond donors (Lipinski definition) is 1. The van der Waals surface area contributed by atoms with Gasteiger partial charge in [0.1, 0.15) is 12.1 Å². The number of ether oxygens (including phenoxy) is 1. The molecule has 2 heterocycles. The van der Waals surface area contributed by atoms with E-state index in [9.17, 15) is 9.59 Å². The molecule has 0 atom stereocenters. The number of hydrogen-bond acceptors (Lipinski definition) is 7. The summed E-state index contributed by atoms with van der Waals surface area (Å²) in [6.07, 6.45) is 3.62. The predicted octanol–water partition coefficient (Wildman–Crippen LogP) is 2.52. The zero-order valence-corrected chi connectivity index (χ0v) is 17.0. The average molecular weight is 429 g/mol. The van der Waals surface area contributed by atoms with Crippen LogP contribution in [0.25, 0.3) is 11.4 Å². The molecule has 0 unspecified atom stereocenters. The number of esters is 1. The maximum atomic E-state index is 12.5. The highest BCUT2D eigenvalue weighted by Crippen LogP contribution is 2.40. The van der Waals surface area contributed by atoms with E-state index in [4.69, 9.17) is 4.74 Å². The number of carbonyl (C=O) groups excluding carboxylic acids is 2. The fourth-order valence-corrected chi connectivity index (χ4v) is 3.28. The van der Waals surface area contributed by atoms with Crippen LogP contribution in [0.4, 0.5) is 5.82 Å². The quantitative estimate of drug-likeness (QED) is 0.449. The van der Waals surface area contributed by atoms with Gasteiger partial charge >= 0.3 is 5.97 Å². The molecule has 1 amide bonds. The molecule has 1 saturated carbocycles. The van der Waals surface area contributed by atoms with Crippen LogP contribution in [-0.2, 0) is 9.53 Å². The molecule has 0 spiro atoms. The number of tetrazole rings is 1. The normalized spacial score (nSPS) is 13.0. The second kappa shape index (κ2) is 8.42. The third-order valence-corrected chi connectivity index (χ3v) is 5.02. The van der Waals surface area contributed by atoms with Crippen molar-refractivity contribution in [1.82, 2.24) is 30.0 Å². The summed E-state index contributed by atoms with van der Waals surface area (Å²) >= 11 is 0. The van der Waals surface area contributed by atoms with Crippen molar-refractivity contribution in [2.75, 3.05) is 11.9 Å². The molecular weight excluding hydrogens is 410 g/mol. The van der Waals surface area contributed by atoms with E-state index in [0.717, 1.165) is 24.2 Å². The van der Waals surface area contributed by atoms with Crippen LogP contribution in [0.1, 0.15) is 34.8 Å². The van der Waals surface area contributed by atoms with E-state index in [1.807, 2.05) is 36.4 Å². The van der Waals surface area contributed by atoms with Crippen LogP contribution in [0.2, 0.25) is 0 Å². The van der Waals surface area contributed by atoms with E-state index in [0.29, 0.717) is 17.4 Å². The molecule has 1 aliphatic carbocycles. The lowest BCUT2D eigenvalue weighted by Gasteiger charge is -2.09. The van der Waals surface area contributed by atoms with Crippen molar-refractivity contribution >= 4 is 17.7 Å². The molecule has 160 valence electrons. The van der Waals surface area contributed by atoms with E-state index < -0.39 is 18.5 Å². The highest BCUT2D eigenvalue weighted by molar-refractivity contribution is 5.95. The summed E-state index contributed by atoms with van der Waals surface area (Å²) in [5.74, 6) is -0.0968. The molecule has 2 aromatic heterocycles. The summed E-state index contributed by atoms with van der Waals surface area (Å²) < 4.78 is 8.32. The predicted molar refractivity (Wildman–Crippen MR) is 114 cm³/mol. The first-order chi connectivity index (χ1) is 15.7. The van der Waals surface area contributed by atoms with Crippen LogP contribution in [0.3, 0.4) is 0 Å². The Bertz CT molecular complexity index is 1250. The molecule has 0 saturated heterocycles. The summed E-state index contributed by atoms with van der Waals surface area (Å²) in [5, 5.41) is 18.4. The van der Waals surface area contributed by atoms with E-state index >= 15 is 0 Å². The zero-order chi connectivity index (χ0) is 21.9. The fraction of sp³-hybridized carbons (Fsp3) is 0.182. The van der Waals surface area contributed by atoms with Crippen LogP contribution in [0.15, 0.2) is 67.0 Å². The van der Waals surface area contributed by atoms with Crippen molar-refractivity contribution in [3.05, 3.63) is 78.2 Å². The Balaban J connectivity index is 1.26. The molecule has 10 nitrogen and oxygen atoms in total. The standard InChI is InChI=1S/C22H19N7O3/c30-21(13-32-22(31)16-5-4-8-18(11-16)28-14-23-26-27-28)24-20-12-19(15-9-10-15)25-29(20)17-6-2-1-3-7-17/h1-8,11-12,14-15H,9-10,13H2,(H,24,30). The monoisotopic (exact) mass is 429 g/mol. The van der Waals surface area contributed by atoms with Gasteiger partial charge in [-0.1, -0.05) is 24.3 Å². The highest BCUT2D eigenvalue weighted by Gasteiger charge is 2.28. The first-order valence-corrected chi connectivity index (χ1v) is 10.1. The van der Waals surface area contributed by atoms with E-state index in [1.165, 1.54) is 11.0 Å². The minimum atomic E-state index is -0.620. The van der Waals surface area contributed by atoms with Crippen LogP contribution < -0.4 is 5.32 Å². The summed E-state index contributed by atoms with van der Waals surface area (Å²) in [6, 6.07) is 18.1. The number of carbonyl (C=O) groups is 2. The molecule has 0 radical (unpaired) electrons. The Kier molecular flexibility index (Phi) is 5.16. The number of nitrogens with zero attached hydrogens (tertiary/aromatic N) is 6. The largest absolute Gasteiger partial charge is 0.452 e. The molecule has 1 N–H and O–H groups in total. The van der Waals surface area contributed by atoms with Gasteiger partial charge in [-0.2, -0.15) is 5.10 Å². The van der Waals surface area contributed by atoms with Gasteiger partial charge in [-0.25, -0.2) is 14.2 Å². The number of aromatic nitrogens is 6.